The Morgan fingerprint density at radius 2 is 1.65 bits per heavy atom. The first-order chi connectivity index (χ1) is 14.8. The summed E-state index contributed by atoms with van der Waals surface area (Å²) >= 11 is 5.86. The lowest BCUT2D eigenvalue weighted by atomic mass is 10.1. The molecule has 0 heterocycles. The van der Waals surface area contributed by atoms with Gasteiger partial charge < -0.3 is 4.74 Å². The first-order valence-electron chi connectivity index (χ1n) is 9.88. The predicted octanol–water partition coefficient (Wildman–Crippen LogP) is 5.54. The summed E-state index contributed by atoms with van der Waals surface area (Å²) in [6.07, 6.45) is 0.389. The highest BCUT2D eigenvalue weighted by atomic mass is 35.5. The van der Waals surface area contributed by atoms with E-state index in [4.69, 9.17) is 16.3 Å². The largest absolute Gasteiger partial charge is 0.494 e. The van der Waals surface area contributed by atoms with Crippen LogP contribution in [-0.2, 0) is 14.8 Å². The van der Waals surface area contributed by atoms with Crippen LogP contribution in [0.25, 0.3) is 0 Å². The maximum absolute atomic E-state index is 13.4. The number of hydrogen-bond donors (Lipinski definition) is 0. The predicted molar refractivity (Wildman–Crippen MR) is 123 cm³/mol. The van der Waals surface area contributed by atoms with Crippen LogP contribution < -0.4 is 9.04 Å². The normalized spacial score (nSPS) is 11.2. The van der Waals surface area contributed by atoms with Crippen LogP contribution >= 0.6 is 11.6 Å². The Morgan fingerprint density at radius 1 is 0.968 bits per heavy atom. The fourth-order valence-electron chi connectivity index (χ4n) is 3.08. The van der Waals surface area contributed by atoms with Gasteiger partial charge in [0, 0.05) is 11.4 Å². The molecular formula is C24H24ClNO4S. The van der Waals surface area contributed by atoms with Gasteiger partial charge in [-0.2, -0.15) is 0 Å². The van der Waals surface area contributed by atoms with Crippen molar-refractivity contribution in [1.29, 1.82) is 0 Å². The molecule has 1 amide bonds. The van der Waals surface area contributed by atoms with Gasteiger partial charge in [0.1, 0.15) is 5.75 Å². The number of nitrogens with zero attached hydrogens (tertiary/aromatic N) is 1. The Hall–Kier alpha value is -2.83. The minimum Gasteiger partial charge on any atom is -0.494 e. The number of rotatable bonds is 8. The summed E-state index contributed by atoms with van der Waals surface area (Å²) < 4.78 is 33.3. The molecule has 0 N–H and O–H groups in total. The molecule has 0 saturated carbocycles. The second-order valence-corrected chi connectivity index (χ2v) is 9.40. The maximum Gasteiger partial charge on any atom is 0.270 e. The molecule has 0 aliphatic rings. The first-order valence-corrected chi connectivity index (χ1v) is 11.7. The highest BCUT2D eigenvalue weighted by Crippen LogP contribution is 2.29. The topological polar surface area (TPSA) is 63.7 Å². The van der Waals surface area contributed by atoms with E-state index < -0.39 is 15.9 Å². The smallest absolute Gasteiger partial charge is 0.270 e. The quantitative estimate of drug-likeness (QED) is 0.417. The number of carbonyl (C=O) groups excluding carboxylic acids is 1. The number of carbonyl (C=O) groups is 1. The molecule has 0 radical (unpaired) electrons. The van der Waals surface area contributed by atoms with Gasteiger partial charge >= 0.3 is 0 Å². The Balaban J connectivity index is 1.81. The van der Waals surface area contributed by atoms with E-state index in [1.165, 1.54) is 12.1 Å². The molecule has 162 valence electrons. The van der Waals surface area contributed by atoms with Gasteiger partial charge in [0.05, 0.1) is 17.2 Å². The van der Waals surface area contributed by atoms with Crippen LogP contribution in [0, 0.1) is 13.8 Å². The van der Waals surface area contributed by atoms with Gasteiger partial charge in [-0.3, -0.25) is 4.79 Å². The van der Waals surface area contributed by atoms with Crippen LogP contribution in [-0.4, -0.2) is 20.9 Å². The number of aryl methyl sites for hydroxylation is 2. The number of hydrogen-bond acceptors (Lipinski definition) is 4. The molecule has 0 unspecified atom stereocenters. The average molecular weight is 458 g/mol. The Morgan fingerprint density at radius 3 is 2.32 bits per heavy atom. The molecule has 3 aromatic carbocycles. The molecule has 0 fully saturated rings. The molecule has 3 aromatic rings. The number of anilines is 1. The number of sulfonamides is 1. The van der Waals surface area contributed by atoms with Crippen LogP contribution in [0.4, 0.5) is 5.69 Å². The molecule has 31 heavy (non-hydrogen) atoms. The molecule has 3 rings (SSSR count). The summed E-state index contributed by atoms with van der Waals surface area (Å²) in [4.78, 5) is 13.2. The minimum absolute atomic E-state index is 0.0209. The summed E-state index contributed by atoms with van der Waals surface area (Å²) in [5, 5.41) is 0.609. The van der Waals surface area contributed by atoms with E-state index in [9.17, 15) is 13.2 Å². The van der Waals surface area contributed by atoms with Crippen LogP contribution in [0.15, 0.2) is 77.7 Å². The van der Waals surface area contributed by atoms with Gasteiger partial charge in [-0.1, -0.05) is 41.9 Å². The van der Waals surface area contributed by atoms with Crippen LogP contribution in [0.1, 0.15) is 24.0 Å². The Labute approximate surface area is 188 Å². The van der Waals surface area contributed by atoms with E-state index in [1.807, 2.05) is 19.1 Å². The molecule has 0 aliphatic heterocycles. The molecule has 0 bridgehead atoms. The molecule has 0 aromatic heterocycles. The second-order valence-electron chi connectivity index (χ2n) is 7.17. The number of benzene rings is 3. The van der Waals surface area contributed by atoms with E-state index in [1.54, 1.807) is 55.5 Å². The lowest BCUT2D eigenvalue weighted by Gasteiger charge is -2.25. The highest BCUT2D eigenvalue weighted by Gasteiger charge is 2.31. The van der Waals surface area contributed by atoms with Crippen LogP contribution in [0.2, 0.25) is 5.02 Å². The van der Waals surface area contributed by atoms with Gasteiger partial charge in [0.2, 0.25) is 5.91 Å². The number of amides is 1. The van der Waals surface area contributed by atoms with Gasteiger partial charge in [-0.25, -0.2) is 12.7 Å². The monoisotopic (exact) mass is 457 g/mol. The van der Waals surface area contributed by atoms with Crippen LogP contribution in [0.3, 0.4) is 0 Å². The Bertz CT molecular complexity index is 1150. The van der Waals surface area contributed by atoms with Gasteiger partial charge in [-0.05, 0) is 73.9 Å². The molecule has 0 spiro atoms. The lowest BCUT2D eigenvalue weighted by Crippen LogP contribution is -2.37. The fourth-order valence-corrected chi connectivity index (χ4v) is 4.73. The van der Waals surface area contributed by atoms with Crippen molar-refractivity contribution >= 4 is 33.2 Å². The molecular weight excluding hydrogens is 434 g/mol. The third kappa shape index (κ3) is 5.66. The van der Waals surface area contributed by atoms with Gasteiger partial charge in [0.25, 0.3) is 10.0 Å². The van der Waals surface area contributed by atoms with Crippen molar-refractivity contribution < 1.29 is 17.9 Å². The van der Waals surface area contributed by atoms with Crippen molar-refractivity contribution in [3.05, 3.63) is 88.9 Å². The lowest BCUT2D eigenvalue weighted by molar-refractivity contribution is -0.117. The summed E-state index contributed by atoms with van der Waals surface area (Å²) in [7, 11) is -4.06. The van der Waals surface area contributed by atoms with Crippen molar-refractivity contribution in [2.24, 2.45) is 0 Å². The zero-order valence-electron chi connectivity index (χ0n) is 17.4. The summed E-state index contributed by atoms with van der Waals surface area (Å²) in [6.45, 7) is 3.93. The molecule has 0 atom stereocenters. The fraction of sp³-hybridized carbons (Fsp3) is 0.208. The number of ether oxygens (including phenoxy) is 1. The zero-order chi connectivity index (χ0) is 22.4. The van der Waals surface area contributed by atoms with Crippen molar-refractivity contribution in [2.45, 2.75) is 31.6 Å². The summed E-state index contributed by atoms with van der Waals surface area (Å²) in [5.74, 6) is 0.136. The van der Waals surface area contributed by atoms with E-state index in [0.29, 0.717) is 28.4 Å². The third-order valence-corrected chi connectivity index (χ3v) is 6.71. The van der Waals surface area contributed by atoms with E-state index in [0.717, 1.165) is 9.87 Å². The van der Waals surface area contributed by atoms with Gasteiger partial charge in [-0.15, -0.1) is 0 Å². The van der Waals surface area contributed by atoms with Crippen molar-refractivity contribution in [2.75, 3.05) is 10.9 Å². The van der Waals surface area contributed by atoms with E-state index in [2.05, 4.69) is 0 Å². The molecule has 0 saturated heterocycles. The van der Waals surface area contributed by atoms with Crippen LogP contribution in [0.5, 0.6) is 5.75 Å². The minimum atomic E-state index is -4.06. The van der Waals surface area contributed by atoms with Crippen molar-refractivity contribution in [3.63, 3.8) is 0 Å². The zero-order valence-corrected chi connectivity index (χ0v) is 19.0. The summed E-state index contributed by atoms with van der Waals surface area (Å²) in [6, 6.07) is 20.3. The van der Waals surface area contributed by atoms with E-state index >= 15 is 0 Å². The SMILES string of the molecule is Cc1ccc(C)c(N(C(=O)CCCOc2ccc(Cl)cc2)S(=O)(=O)c2ccccc2)c1. The number of halogens is 1. The first kappa shape index (κ1) is 22.8. The third-order valence-electron chi connectivity index (χ3n) is 4.71. The second kappa shape index (κ2) is 9.98. The Kier molecular flexibility index (Phi) is 7.36. The van der Waals surface area contributed by atoms with Gasteiger partial charge in [0.15, 0.2) is 0 Å². The highest BCUT2D eigenvalue weighted by molar-refractivity contribution is 7.93. The molecule has 0 aliphatic carbocycles. The van der Waals surface area contributed by atoms with E-state index in [-0.39, 0.29) is 17.9 Å². The van der Waals surface area contributed by atoms with Crippen molar-refractivity contribution in [1.82, 2.24) is 0 Å². The maximum atomic E-state index is 13.4. The molecule has 7 heteroatoms. The molecule has 5 nitrogen and oxygen atoms in total. The average Bonchev–Trinajstić information content (AvgIpc) is 2.75. The summed E-state index contributed by atoms with van der Waals surface area (Å²) in [5.41, 5.74) is 1.94. The van der Waals surface area contributed by atoms with Crippen molar-refractivity contribution in [3.8, 4) is 5.75 Å². The standard InChI is InChI=1S/C24H24ClNO4S/c1-18-10-11-19(2)23(17-18)26(31(28,29)22-7-4-3-5-8-22)24(27)9-6-16-30-21-14-12-20(25)13-15-21/h3-5,7-8,10-15,17H,6,9,16H2,1-2H3.